The number of alkyl halides is 6. The van der Waals surface area contributed by atoms with Crippen molar-refractivity contribution in [3.8, 4) is 0 Å². The summed E-state index contributed by atoms with van der Waals surface area (Å²) in [4.78, 5) is 0. The molecule has 1 saturated carbocycles. The molecule has 0 saturated heterocycles. The first-order chi connectivity index (χ1) is 16.8. The lowest BCUT2D eigenvalue weighted by Gasteiger charge is -2.48. The summed E-state index contributed by atoms with van der Waals surface area (Å²) in [5.41, 5.74) is -0.352. The highest BCUT2D eigenvalue weighted by Crippen LogP contribution is 2.69. The second-order valence-corrected chi connectivity index (χ2v) is 17.6. The molecular formula is C29H33F6P2. The van der Waals surface area contributed by atoms with Gasteiger partial charge in [-0.1, -0.05) is 80.7 Å². The summed E-state index contributed by atoms with van der Waals surface area (Å²) in [6, 6.07) is 10.1. The van der Waals surface area contributed by atoms with Gasteiger partial charge >= 0.3 is 12.4 Å². The van der Waals surface area contributed by atoms with Crippen molar-refractivity contribution in [3.63, 3.8) is 0 Å². The van der Waals surface area contributed by atoms with E-state index in [-0.39, 0.29) is 16.0 Å². The molecular weight excluding hydrogens is 524 g/mol. The number of rotatable bonds is 5. The van der Waals surface area contributed by atoms with E-state index in [1.54, 1.807) is 0 Å². The quantitative estimate of drug-likeness (QED) is 0.254. The van der Waals surface area contributed by atoms with Crippen LogP contribution >= 0.6 is 15.8 Å². The van der Waals surface area contributed by atoms with E-state index in [9.17, 15) is 26.3 Å². The fourth-order valence-electron chi connectivity index (χ4n) is 5.31. The lowest BCUT2D eigenvalue weighted by Crippen LogP contribution is -2.34. The van der Waals surface area contributed by atoms with Crippen LogP contribution in [0.3, 0.4) is 0 Å². The third-order valence-corrected chi connectivity index (χ3v) is 12.7. The first-order valence-electron chi connectivity index (χ1n) is 12.0. The molecule has 0 unspecified atom stereocenters. The van der Waals surface area contributed by atoms with Gasteiger partial charge in [0.2, 0.25) is 0 Å². The molecule has 0 amide bonds. The van der Waals surface area contributed by atoms with Gasteiger partial charge in [-0.2, -0.15) is 26.3 Å². The van der Waals surface area contributed by atoms with Crippen molar-refractivity contribution in [2.75, 3.05) is 0 Å². The fourth-order valence-corrected chi connectivity index (χ4v) is 12.8. The van der Waals surface area contributed by atoms with Crippen LogP contribution < -0.4 is 10.6 Å². The lowest BCUT2D eigenvalue weighted by atomic mass is 10.0. The molecule has 1 aliphatic carbocycles. The van der Waals surface area contributed by atoms with Gasteiger partial charge in [0, 0.05) is 5.66 Å². The van der Waals surface area contributed by atoms with Crippen molar-refractivity contribution in [2.24, 2.45) is 0 Å². The minimum atomic E-state index is -4.47. The summed E-state index contributed by atoms with van der Waals surface area (Å²) in [5.74, 6) is 1.11. The molecule has 2 aromatic carbocycles. The van der Waals surface area contributed by atoms with Crippen LogP contribution in [0.1, 0.15) is 59.6 Å². The maximum absolute atomic E-state index is 13.3. The largest absolute Gasteiger partial charge is 0.416 e. The molecule has 1 aliphatic rings. The highest BCUT2D eigenvalue weighted by Gasteiger charge is 2.47. The smallest absolute Gasteiger partial charge is 0.166 e. The van der Waals surface area contributed by atoms with Gasteiger partial charge in [0.15, 0.2) is 0 Å². The number of hydrogen-bond acceptors (Lipinski definition) is 0. The molecule has 0 aliphatic heterocycles. The minimum Gasteiger partial charge on any atom is -0.166 e. The van der Waals surface area contributed by atoms with Gasteiger partial charge in [-0.15, -0.1) is 0 Å². The summed E-state index contributed by atoms with van der Waals surface area (Å²) in [5, 5.41) is 1.40. The summed E-state index contributed by atoms with van der Waals surface area (Å²) in [7, 11) is -1.94. The van der Waals surface area contributed by atoms with Crippen molar-refractivity contribution >= 4 is 26.5 Å². The van der Waals surface area contributed by atoms with Crippen LogP contribution in [-0.4, -0.2) is 16.0 Å². The van der Waals surface area contributed by atoms with Crippen LogP contribution in [0.4, 0.5) is 26.3 Å². The predicted molar refractivity (Wildman–Crippen MR) is 144 cm³/mol. The minimum absolute atomic E-state index is 0.0347. The Morgan fingerprint density at radius 1 is 0.595 bits per heavy atom. The Balaban J connectivity index is 2.09. The van der Waals surface area contributed by atoms with Gasteiger partial charge in [0.1, 0.15) is 0 Å². The van der Waals surface area contributed by atoms with Gasteiger partial charge in [0.05, 0.1) is 11.1 Å². The zero-order valence-electron chi connectivity index (χ0n) is 22.1. The Bertz CT molecular complexity index is 956. The Labute approximate surface area is 220 Å². The van der Waals surface area contributed by atoms with Gasteiger partial charge < -0.3 is 0 Å². The fraction of sp³-hybridized carbons (Fsp3) is 0.414. The maximum Gasteiger partial charge on any atom is 0.416 e. The highest BCUT2D eigenvalue weighted by molar-refractivity contribution is 7.76. The van der Waals surface area contributed by atoms with E-state index in [1.165, 1.54) is 24.3 Å². The summed E-state index contributed by atoms with van der Waals surface area (Å²) < 4.78 is 79.5. The van der Waals surface area contributed by atoms with E-state index in [0.29, 0.717) is 10.6 Å². The van der Waals surface area contributed by atoms with E-state index in [4.69, 9.17) is 0 Å². The molecule has 2 aromatic rings. The summed E-state index contributed by atoms with van der Waals surface area (Å²) >= 11 is 0. The van der Waals surface area contributed by atoms with Crippen LogP contribution in [-0.2, 0) is 12.4 Å². The van der Waals surface area contributed by atoms with Crippen molar-refractivity contribution < 1.29 is 26.3 Å². The molecule has 0 spiro atoms. The van der Waals surface area contributed by atoms with Crippen LogP contribution in [0.25, 0.3) is 0 Å². The van der Waals surface area contributed by atoms with Crippen LogP contribution in [0, 0.1) is 30.8 Å². The molecule has 1 atom stereocenters. The van der Waals surface area contributed by atoms with Gasteiger partial charge in [-0.3, -0.25) is 0 Å². The molecule has 0 aromatic heterocycles. The van der Waals surface area contributed by atoms with Crippen LogP contribution in [0.5, 0.6) is 0 Å². The molecule has 3 rings (SSSR count). The predicted octanol–water partition coefficient (Wildman–Crippen LogP) is 9.36. The second-order valence-electron chi connectivity index (χ2n) is 11.2. The van der Waals surface area contributed by atoms with E-state index in [2.05, 4.69) is 54.9 Å². The summed E-state index contributed by atoms with van der Waals surface area (Å²) in [6.45, 7) is 15.6. The molecule has 0 bridgehead atoms. The monoisotopic (exact) mass is 557 g/mol. The molecule has 37 heavy (non-hydrogen) atoms. The first kappa shape index (κ1) is 30.4. The third kappa shape index (κ3) is 7.10. The number of benzene rings is 2. The van der Waals surface area contributed by atoms with E-state index >= 15 is 0 Å². The van der Waals surface area contributed by atoms with E-state index in [0.717, 1.165) is 35.8 Å². The SMILES string of the molecule is C[C@H]([C]1[CH][CH][CH][C]1P(c1ccc(C(F)(F)F)cc1)c1ccc(C(F)(F)F)cc1)P(C(C)(C)C)C(C)(C)C. The zero-order chi connectivity index (χ0) is 28.0. The van der Waals surface area contributed by atoms with Gasteiger partial charge in [-0.05, 0) is 83.9 Å². The molecule has 5 radical (unpaired) electrons. The Kier molecular flexibility index (Phi) is 8.88. The molecule has 1 fully saturated rings. The Morgan fingerprint density at radius 3 is 1.30 bits per heavy atom. The normalized spacial score (nSPS) is 17.7. The van der Waals surface area contributed by atoms with Crippen LogP contribution in [0.15, 0.2) is 48.5 Å². The topological polar surface area (TPSA) is 0 Å². The average molecular weight is 558 g/mol. The maximum atomic E-state index is 13.3. The third-order valence-electron chi connectivity index (χ3n) is 6.26. The van der Waals surface area contributed by atoms with Crippen molar-refractivity contribution in [1.29, 1.82) is 0 Å². The summed E-state index contributed by atoms with van der Waals surface area (Å²) in [6.07, 6.45) is -2.94. The van der Waals surface area contributed by atoms with Crippen molar-refractivity contribution in [2.45, 2.75) is 76.8 Å². The second kappa shape index (κ2) is 10.8. The molecule has 0 heterocycles. The zero-order valence-corrected chi connectivity index (χ0v) is 23.9. The Hall–Kier alpha value is -1.12. The van der Waals surface area contributed by atoms with Crippen molar-refractivity contribution in [1.82, 2.24) is 0 Å². The lowest BCUT2D eigenvalue weighted by molar-refractivity contribution is -0.138. The molecule has 8 heteroatoms. The van der Waals surface area contributed by atoms with E-state index < -0.39 is 39.3 Å². The number of hydrogen-bond donors (Lipinski definition) is 0. The van der Waals surface area contributed by atoms with Gasteiger partial charge in [0.25, 0.3) is 0 Å². The molecule has 0 nitrogen and oxygen atoms in total. The molecule has 201 valence electrons. The van der Waals surface area contributed by atoms with E-state index in [1.807, 2.05) is 12.8 Å². The molecule has 0 N–H and O–H groups in total. The number of halogens is 6. The van der Waals surface area contributed by atoms with Crippen LogP contribution in [0.2, 0.25) is 0 Å². The highest BCUT2D eigenvalue weighted by atomic mass is 31.1. The van der Waals surface area contributed by atoms with Gasteiger partial charge in [-0.25, -0.2) is 0 Å². The average Bonchev–Trinajstić information content (AvgIpc) is 3.21. The first-order valence-corrected chi connectivity index (χ1v) is 14.8. The van der Waals surface area contributed by atoms with Crippen molar-refractivity contribution in [3.05, 3.63) is 90.5 Å². The standard InChI is InChI=1S/C29H33F6P2/c1-19(37(26(2,3)4)27(5,6)7)24-9-8-10-25(24)36(22-15-11-20(12-16-22)28(30,31)32)23-17-13-21(14-18-23)29(33,34)35/h8-19H,1-7H3/t19-/m1/s1. The Morgan fingerprint density at radius 2 is 0.973 bits per heavy atom.